The number of likely N-dealkylation sites (N-methyl/N-ethyl adjacent to an activating group) is 1. The predicted octanol–water partition coefficient (Wildman–Crippen LogP) is 18.1. The van der Waals surface area contributed by atoms with Crippen LogP contribution in [0.4, 0.5) is 64.7 Å². The highest BCUT2D eigenvalue weighted by Gasteiger charge is 2.27. The predicted molar refractivity (Wildman–Crippen MR) is 567 cm³/mol. The van der Waals surface area contributed by atoms with E-state index in [1.807, 2.05) is 69.4 Å². The highest BCUT2D eigenvalue weighted by molar-refractivity contribution is 9.10. The first-order valence-corrected chi connectivity index (χ1v) is 54.2. The third-order valence-corrected chi connectivity index (χ3v) is 33.8. The summed E-state index contributed by atoms with van der Waals surface area (Å²) in [5.41, 5.74) is 8.63. The van der Waals surface area contributed by atoms with Crippen molar-refractivity contribution < 1.29 is 52.8 Å². The Kier molecular flexibility index (Phi) is 33.1. The lowest BCUT2D eigenvalue weighted by Gasteiger charge is -2.14. The molecule has 0 unspecified atom stereocenters. The number of rotatable bonds is 27. The van der Waals surface area contributed by atoms with Crippen LogP contribution in [0.3, 0.4) is 0 Å². The van der Waals surface area contributed by atoms with E-state index in [9.17, 15) is 72.0 Å². The van der Waals surface area contributed by atoms with Crippen LogP contribution in [0.25, 0.3) is 66.4 Å². The van der Waals surface area contributed by atoms with E-state index in [-0.39, 0.29) is 39.1 Å². The number of aryl methyl sites for hydroxylation is 4. The average molecular weight is 2220 g/mol. The monoisotopic (exact) mass is 2220 g/mol. The quantitative estimate of drug-likeness (QED) is 0.0227. The van der Waals surface area contributed by atoms with E-state index in [0.29, 0.717) is 130 Å². The van der Waals surface area contributed by atoms with Crippen molar-refractivity contribution in [3.05, 3.63) is 299 Å². The van der Waals surface area contributed by atoms with E-state index in [4.69, 9.17) is 46.4 Å². The molecule has 0 spiro atoms. The number of carbonyl (C=O) groups is 4. The highest BCUT2D eigenvalue weighted by atomic mass is 79.9. The molecule has 17 rings (SSSR count). The minimum Gasteiger partial charge on any atom is -0.387 e. The zero-order chi connectivity index (χ0) is 102. The third-order valence-electron chi connectivity index (χ3n) is 21.0. The van der Waals surface area contributed by atoms with Gasteiger partial charge in [-0.3, -0.25) is 37.4 Å². The molecule has 0 bridgehead atoms. The molecule has 8 aromatic carbocycles. The van der Waals surface area contributed by atoms with Gasteiger partial charge in [-0.15, -0.1) is 45.3 Å². The smallest absolute Gasteiger partial charge is 0.333 e. The van der Waals surface area contributed by atoms with Crippen molar-refractivity contribution in [3.63, 3.8) is 0 Å². The Morgan fingerprint density at radius 1 is 0.373 bits per heavy atom. The van der Waals surface area contributed by atoms with Crippen molar-refractivity contribution in [1.29, 1.82) is 0 Å². The molecule has 738 valence electrons. The third kappa shape index (κ3) is 26.0. The van der Waals surface area contributed by atoms with Crippen molar-refractivity contribution in [3.8, 4) is 22.7 Å². The normalized spacial score (nSPS) is 12.0. The van der Waals surface area contributed by atoms with Crippen LogP contribution < -0.4 is 83.7 Å². The molecule has 8 heterocycles. The fourth-order valence-corrected chi connectivity index (χ4v) is 24.2. The molecule has 142 heavy (non-hydrogen) atoms. The number of amides is 8. The summed E-state index contributed by atoms with van der Waals surface area (Å²) in [4.78, 5) is 122. The average Bonchev–Trinajstić information content (AvgIpc) is 1.12. The maximum atomic E-state index is 13.3. The number of thiophene rings is 4. The number of benzene rings is 8. The number of hydrogen-bond acceptors (Lipinski definition) is 29. The van der Waals surface area contributed by atoms with Crippen molar-refractivity contribution in [2.75, 3.05) is 89.9 Å². The molecule has 12 N–H and O–H groups in total. The number of carbonyl (C=O) groups excluding carboxylic acids is 4. The van der Waals surface area contributed by atoms with Gasteiger partial charge in [-0.2, -0.15) is 0 Å². The topological polar surface area (TPSA) is 492 Å². The second kappa shape index (κ2) is 45.0. The summed E-state index contributed by atoms with van der Waals surface area (Å²) in [5, 5.41) is 24.8. The second-order valence-corrected chi connectivity index (χ2v) is 47.0. The van der Waals surface area contributed by atoms with Gasteiger partial charge in [0.25, 0.3) is 62.3 Å². The molecular weight excluding hydrogens is 2130 g/mol. The molecular formula is C92H86BrCl4N21O16S8. The molecule has 0 aliphatic heterocycles. The first kappa shape index (κ1) is 105. The Hall–Kier alpha value is -13.2. The summed E-state index contributed by atoms with van der Waals surface area (Å²) in [6.45, 7) is 12.4. The number of nitrogens with one attached hydrogen (secondary N) is 12. The fourth-order valence-electron chi connectivity index (χ4n) is 14.1. The van der Waals surface area contributed by atoms with Crippen LogP contribution in [-0.4, -0.2) is 148 Å². The molecule has 1 aliphatic rings. The van der Waals surface area contributed by atoms with Gasteiger partial charge < -0.3 is 47.4 Å². The van der Waals surface area contributed by atoms with Gasteiger partial charge >= 0.3 is 24.1 Å². The Bertz CT molecular complexity index is 8320. The lowest BCUT2D eigenvalue weighted by Crippen LogP contribution is -2.34. The van der Waals surface area contributed by atoms with Gasteiger partial charge in [-0.25, -0.2) is 91.7 Å². The number of hydrogen-bond donors (Lipinski definition) is 12. The number of aromatic nitrogens is 8. The molecule has 0 saturated heterocycles. The van der Waals surface area contributed by atoms with Crippen molar-refractivity contribution in [1.82, 2.24) is 62.0 Å². The van der Waals surface area contributed by atoms with Crippen molar-refractivity contribution in [2.45, 2.75) is 70.7 Å². The minimum atomic E-state index is -4.04. The fraction of sp³-hybridized carbons (Fsp3) is 0.174. The zero-order valence-corrected chi connectivity index (χ0v) is 87.1. The van der Waals surface area contributed by atoms with E-state index in [0.717, 1.165) is 111 Å². The van der Waals surface area contributed by atoms with Gasteiger partial charge in [0.05, 0.1) is 89.4 Å². The minimum absolute atomic E-state index is 0.0672. The lowest BCUT2D eigenvalue weighted by atomic mass is 10.2. The number of sulfonamides is 4. The van der Waals surface area contributed by atoms with E-state index in [2.05, 4.69) is 90.2 Å². The van der Waals surface area contributed by atoms with E-state index < -0.39 is 64.2 Å². The van der Waals surface area contributed by atoms with Crippen molar-refractivity contribution >= 4 is 261 Å². The zero-order valence-electron chi connectivity index (χ0n) is 75.9. The van der Waals surface area contributed by atoms with Gasteiger partial charge in [-0.1, -0.05) is 53.3 Å². The molecule has 50 heteroatoms. The van der Waals surface area contributed by atoms with Gasteiger partial charge in [0.15, 0.2) is 0 Å². The first-order chi connectivity index (χ1) is 67.5. The second-order valence-electron chi connectivity index (χ2n) is 31.6. The van der Waals surface area contributed by atoms with Crippen LogP contribution in [-0.2, 0) is 40.1 Å². The number of anilines is 8. The van der Waals surface area contributed by atoms with Crippen LogP contribution in [0.2, 0.25) is 17.3 Å². The maximum Gasteiger partial charge on any atom is 0.333 e. The van der Waals surface area contributed by atoms with Crippen molar-refractivity contribution in [2.24, 2.45) is 5.92 Å². The van der Waals surface area contributed by atoms with Gasteiger partial charge in [0.1, 0.15) is 40.1 Å². The molecule has 1 fully saturated rings. The van der Waals surface area contributed by atoms with Crippen LogP contribution >= 0.6 is 108 Å². The van der Waals surface area contributed by atoms with E-state index in [1.165, 1.54) is 79.6 Å². The summed E-state index contributed by atoms with van der Waals surface area (Å²) in [6.07, 6.45) is 3.49. The van der Waals surface area contributed by atoms with Crippen LogP contribution in [0.1, 0.15) is 49.5 Å². The van der Waals surface area contributed by atoms with E-state index in [1.54, 1.807) is 162 Å². The lowest BCUT2D eigenvalue weighted by molar-refractivity contribution is 0.255. The Labute approximate surface area is 856 Å². The largest absolute Gasteiger partial charge is 0.387 e. The molecule has 0 atom stereocenters. The SMILES string of the molecule is CCCNc1ccc2c(=O)n(-c3ccc(NC(=O)NS(=O)(=O)c4ccc(Cl)s4)cc3)c(C)nc2c1.CNc1cc2nc(C)n(-c3ccc(NC(=O)NS(=O)(=O)c4ccc(Cl)s4)cc3)c(=O)c2cc1Br.Cc1nc2cc(NCC3CC3)ccc2c(=O)n1-c1ccc(NC(=O)NS(=O)(=O)c2ccc(Cl)s2)cc1.Cc1nc2cc(NCCN(C)C)ccc2c(=O)n1-c1ccc(NC(=O)NS(=O)(=O)c2ccc(Cl)s2)cc1. The van der Waals surface area contributed by atoms with Crippen LogP contribution in [0.5, 0.6) is 0 Å². The standard InChI is InChI=1S/C24H25ClN6O4S2.C24H22ClN5O4S2.C23H22ClN5O4S2.C21H17BrClN5O4S2/c1-15-27-20-14-17(26-12-13-30(2)3)6-9-19(20)23(32)31(15)18-7-4-16(5-8-18)28-24(33)29-37(34,35)22-11-10-21(25)36-22;1-14-27-20-12-17(26-13-15-2-3-15)6-9-19(20)23(31)30(14)18-7-4-16(5-8-18)28-24(32)29-36(33,34)22-11-10-21(25)35-22;1-3-12-25-16-6-9-18-19(13-16)26-14(2)29(22(18)30)17-7-4-15(5-8-17)27-23(31)28-35(32,33)21-11-10-20(24)34-21;1-11-25-16-10-17(24-2)15(22)9-14(16)20(29)28(11)13-5-3-12(4-6-13)26-21(30)27-34(31,32)19-8-7-18(23)33-19/h4-11,14,26H,12-13H2,1-3H3,(H2,28,29,33);4-12,15,26H,2-3,13H2,1H3,(H2,28,29,32);4-11,13,25H,3,12H2,1-2H3,(H2,27,28,31);3-10,24H,1-2H3,(H2,26,27,30). The number of fused-ring (bicyclic) bond motifs is 4. The summed E-state index contributed by atoms with van der Waals surface area (Å²) in [5.74, 6) is 2.75. The Morgan fingerprint density at radius 2 is 0.641 bits per heavy atom. The molecule has 37 nitrogen and oxygen atoms in total. The molecule has 1 saturated carbocycles. The number of urea groups is 4. The van der Waals surface area contributed by atoms with Gasteiger partial charge in [-0.05, 0) is 295 Å². The Balaban J connectivity index is 0.000000150. The van der Waals surface area contributed by atoms with Gasteiger partial charge in [0, 0.05) is 77.5 Å². The van der Waals surface area contributed by atoms with Crippen LogP contribution in [0, 0.1) is 33.6 Å². The van der Waals surface area contributed by atoms with Crippen LogP contribution in [0.15, 0.2) is 253 Å². The molecule has 0 radical (unpaired) electrons. The summed E-state index contributed by atoms with van der Waals surface area (Å²) in [7, 11) is -10.4. The number of halogens is 5. The van der Waals surface area contributed by atoms with E-state index >= 15 is 0 Å². The highest BCUT2D eigenvalue weighted by Crippen LogP contribution is 2.34. The molecule has 1 aliphatic carbocycles. The summed E-state index contributed by atoms with van der Waals surface area (Å²) < 4.78 is 114. The first-order valence-electron chi connectivity index (χ1n) is 42.6. The molecule has 16 aromatic rings. The Morgan fingerprint density at radius 3 is 0.901 bits per heavy atom. The number of nitrogens with zero attached hydrogens (tertiary/aromatic N) is 9. The van der Waals surface area contributed by atoms with Gasteiger partial charge in [0.2, 0.25) is 0 Å². The maximum absolute atomic E-state index is 13.3. The summed E-state index contributed by atoms with van der Waals surface area (Å²) in [6, 6.07) is 52.9. The molecule has 8 amide bonds. The summed E-state index contributed by atoms with van der Waals surface area (Å²) >= 11 is 29.9. The molecule has 8 aromatic heterocycles.